The Balaban J connectivity index is 1.98. The highest BCUT2D eigenvalue weighted by molar-refractivity contribution is 6.42. The standard InChI is InChI=1S/C26H25Cl3N2O2/c1-2-30-26(33)24(15-18-8-4-3-5-9-18)31(17-19-12-13-22(28)23(29)14-19)25(32)16-20-10-6-7-11-21(20)27/h3-14,24H,2,15-17H2,1H3,(H,30,33)/t24-/m1/s1. The van der Waals surface area contributed by atoms with E-state index in [2.05, 4.69) is 5.32 Å². The SMILES string of the molecule is CCNC(=O)[C@@H](Cc1ccccc1)N(Cc1ccc(Cl)c(Cl)c1)C(=O)Cc1ccccc1Cl. The van der Waals surface area contributed by atoms with Crippen molar-refractivity contribution in [2.45, 2.75) is 32.4 Å². The Hall–Kier alpha value is -2.53. The first kappa shape index (κ1) is 25.1. The van der Waals surface area contributed by atoms with Crippen LogP contribution in [0, 0.1) is 0 Å². The van der Waals surface area contributed by atoms with Crippen LogP contribution in [-0.2, 0) is 29.0 Å². The van der Waals surface area contributed by atoms with E-state index in [4.69, 9.17) is 34.8 Å². The van der Waals surface area contributed by atoms with Gasteiger partial charge in [-0.05, 0) is 41.8 Å². The molecule has 3 aromatic carbocycles. The highest BCUT2D eigenvalue weighted by atomic mass is 35.5. The molecular formula is C26H25Cl3N2O2. The average Bonchev–Trinajstić information content (AvgIpc) is 2.80. The summed E-state index contributed by atoms with van der Waals surface area (Å²) in [7, 11) is 0. The van der Waals surface area contributed by atoms with Gasteiger partial charge in [0, 0.05) is 24.5 Å². The third-order valence-electron chi connectivity index (χ3n) is 5.26. The normalized spacial score (nSPS) is 11.6. The monoisotopic (exact) mass is 502 g/mol. The lowest BCUT2D eigenvalue weighted by Gasteiger charge is -2.31. The van der Waals surface area contributed by atoms with Gasteiger partial charge in [0.2, 0.25) is 11.8 Å². The minimum absolute atomic E-state index is 0.0751. The lowest BCUT2D eigenvalue weighted by atomic mass is 10.0. The molecule has 0 spiro atoms. The quantitative estimate of drug-likeness (QED) is 0.391. The first-order valence-corrected chi connectivity index (χ1v) is 11.8. The molecule has 2 amide bonds. The topological polar surface area (TPSA) is 49.4 Å². The predicted molar refractivity (Wildman–Crippen MR) is 135 cm³/mol. The number of benzene rings is 3. The summed E-state index contributed by atoms with van der Waals surface area (Å²) in [6, 6.07) is 21.4. The number of rotatable bonds is 9. The third kappa shape index (κ3) is 6.97. The van der Waals surface area contributed by atoms with Gasteiger partial charge in [-0.3, -0.25) is 9.59 Å². The van der Waals surface area contributed by atoms with Gasteiger partial charge in [-0.2, -0.15) is 0 Å². The van der Waals surface area contributed by atoms with E-state index in [9.17, 15) is 9.59 Å². The van der Waals surface area contributed by atoms with E-state index < -0.39 is 6.04 Å². The Morgan fingerprint density at radius 3 is 2.21 bits per heavy atom. The van der Waals surface area contributed by atoms with Gasteiger partial charge in [0.25, 0.3) is 0 Å². The molecule has 0 fully saturated rings. The van der Waals surface area contributed by atoms with Crippen molar-refractivity contribution >= 4 is 46.6 Å². The fraction of sp³-hybridized carbons (Fsp3) is 0.231. The summed E-state index contributed by atoms with van der Waals surface area (Å²) in [5.74, 6) is -0.421. The number of hydrogen-bond acceptors (Lipinski definition) is 2. The average molecular weight is 504 g/mol. The molecule has 0 saturated carbocycles. The van der Waals surface area contributed by atoms with Gasteiger partial charge in [-0.25, -0.2) is 0 Å². The largest absolute Gasteiger partial charge is 0.355 e. The second kappa shape index (κ2) is 12.1. The van der Waals surface area contributed by atoms with Crippen LogP contribution < -0.4 is 5.32 Å². The minimum Gasteiger partial charge on any atom is -0.355 e. The zero-order valence-electron chi connectivity index (χ0n) is 18.2. The van der Waals surface area contributed by atoms with Crippen molar-refractivity contribution in [2.75, 3.05) is 6.54 Å². The maximum absolute atomic E-state index is 13.6. The lowest BCUT2D eigenvalue weighted by molar-refractivity contribution is -0.140. The summed E-state index contributed by atoms with van der Waals surface area (Å²) >= 11 is 18.6. The van der Waals surface area contributed by atoms with Gasteiger partial charge in [0.15, 0.2) is 0 Å². The van der Waals surface area contributed by atoms with E-state index in [0.717, 1.165) is 11.1 Å². The second-order valence-corrected chi connectivity index (χ2v) is 8.86. The van der Waals surface area contributed by atoms with E-state index in [1.807, 2.05) is 55.5 Å². The van der Waals surface area contributed by atoms with Crippen LogP contribution >= 0.6 is 34.8 Å². The van der Waals surface area contributed by atoms with Crippen LogP contribution in [0.2, 0.25) is 15.1 Å². The number of carbonyl (C=O) groups excluding carboxylic acids is 2. The molecule has 33 heavy (non-hydrogen) atoms. The van der Waals surface area contributed by atoms with Crippen LogP contribution in [-0.4, -0.2) is 29.3 Å². The molecule has 3 aromatic rings. The van der Waals surface area contributed by atoms with Crippen molar-refractivity contribution in [1.29, 1.82) is 0 Å². The van der Waals surface area contributed by atoms with E-state index in [-0.39, 0.29) is 24.8 Å². The van der Waals surface area contributed by atoms with Crippen molar-refractivity contribution in [3.8, 4) is 0 Å². The molecule has 7 heteroatoms. The Bertz CT molecular complexity index is 1110. The number of likely N-dealkylation sites (N-methyl/N-ethyl adjacent to an activating group) is 1. The summed E-state index contributed by atoms with van der Waals surface area (Å²) in [5, 5.41) is 4.21. The molecule has 0 heterocycles. The third-order valence-corrected chi connectivity index (χ3v) is 6.37. The number of carbonyl (C=O) groups is 2. The molecule has 0 aromatic heterocycles. The van der Waals surface area contributed by atoms with Crippen molar-refractivity contribution in [2.24, 2.45) is 0 Å². The second-order valence-electron chi connectivity index (χ2n) is 7.64. The Kier molecular flexibility index (Phi) is 9.19. The molecule has 172 valence electrons. The molecule has 3 rings (SSSR count). The number of halogens is 3. The van der Waals surface area contributed by atoms with Crippen LogP contribution in [0.25, 0.3) is 0 Å². The summed E-state index contributed by atoms with van der Waals surface area (Å²) in [4.78, 5) is 28.3. The van der Waals surface area contributed by atoms with Gasteiger partial charge in [-0.15, -0.1) is 0 Å². The van der Waals surface area contributed by atoms with Gasteiger partial charge >= 0.3 is 0 Å². The van der Waals surface area contributed by atoms with E-state index >= 15 is 0 Å². The molecule has 0 radical (unpaired) electrons. The van der Waals surface area contributed by atoms with E-state index in [0.29, 0.717) is 33.6 Å². The van der Waals surface area contributed by atoms with Crippen molar-refractivity contribution in [3.63, 3.8) is 0 Å². The summed E-state index contributed by atoms with van der Waals surface area (Å²) in [6.07, 6.45) is 0.452. The zero-order chi connectivity index (χ0) is 23.8. The Labute approximate surface area is 209 Å². The van der Waals surface area contributed by atoms with E-state index in [1.54, 1.807) is 29.2 Å². The van der Waals surface area contributed by atoms with Crippen LogP contribution in [0.15, 0.2) is 72.8 Å². The Morgan fingerprint density at radius 1 is 0.848 bits per heavy atom. The van der Waals surface area contributed by atoms with Gasteiger partial charge < -0.3 is 10.2 Å². The smallest absolute Gasteiger partial charge is 0.243 e. The molecular weight excluding hydrogens is 479 g/mol. The van der Waals surface area contributed by atoms with Crippen LogP contribution in [0.5, 0.6) is 0 Å². The van der Waals surface area contributed by atoms with Gasteiger partial charge in [0.05, 0.1) is 16.5 Å². The molecule has 0 unspecified atom stereocenters. The molecule has 1 N–H and O–H groups in total. The van der Waals surface area contributed by atoms with Gasteiger partial charge in [0.1, 0.15) is 6.04 Å². The Morgan fingerprint density at radius 2 is 1.55 bits per heavy atom. The molecule has 0 bridgehead atoms. The van der Waals surface area contributed by atoms with E-state index in [1.165, 1.54) is 0 Å². The fourth-order valence-electron chi connectivity index (χ4n) is 3.59. The summed E-state index contributed by atoms with van der Waals surface area (Å²) in [6.45, 7) is 2.52. The highest BCUT2D eigenvalue weighted by Crippen LogP contribution is 2.25. The maximum Gasteiger partial charge on any atom is 0.243 e. The number of nitrogens with zero attached hydrogens (tertiary/aromatic N) is 1. The van der Waals surface area contributed by atoms with Crippen LogP contribution in [0.1, 0.15) is 23.6 Å². The summed E-state index contributed by atoms with van der Waals surface area (Å²) < 4.78 is 0. The predicted octanol–water partition coefficient (Wildman–Crippen LogP) is 5.97. The number of hydrogen-bond donors (Lipinski definition) is 1. The zero-order valence-corrected chi connectivity index (χ0v) is 20.5. The van der Waals surface area contributed by atoms with Crippen molar-refractivity contribution < 1.29 is 9.59 Å². The molecule has 4 nitrogen and oxygen atoms in total. The molecule has 0 aliphatic heterocycles. The highest BCUT2D eigenvalue weighted by Gasteiger charge is 2.30. The van der Waals surface area contributed by atoms with Gasteiger partial charge in [-0.1, -0.05) is 89.4 Å². The minimum atomic E-state index is -0.711. The molecule has 1 atom stereocenters. The lowest BCUT2D eigenvalue weighted by Crippen LogP contribution is -2.51. The first-order chi connectivity index (χ1) is 15.9. The molecule has 0 aliphatic carbocycles. The van der Waals surface area contributed by atoms with Crippen molar-refractivity contribution in [1.82, 2.24) is 10.2 Å². The molecule has 0 saturated heterocycles. The molecule has 0 aliphatic rings. The number of nitrogens with one attached hydrogen (secondary N) is 1. The van der Waals surface area contributed by atoms with Crippen LogP contribution in [0.4, 0.5) is 0 Å². The maximum atomic E-state index is 13.6. The summed E-state index contributed by atoms with van der Waals surface area (Å²) in [5.41, 5.74) is 2.44. The van der Waals surface area contributed by atoms with Crippen molar-refractivity contribution in [3.05, 3.63) is 105 Å². The number of amides is 2. The van der Waals surface area contributed by atoms with Crippen LogP contribution in [0.3, 0.4) is 0 Å². The first-order valence-electron chi connectivity index (χ1n) is 10.7. The fourth-order valence-corrected chi connectivity index (χ4v) is 4.11.